The molecule has 2 amide bonds. The van der Waals surface area contributed by atoms with Gasteiger partial charge in [0.2, 0.25) is 0 Å². The topological polar surface area (TPSA) is 74.3 Å². The molecule has 1 aliphatic rings. The molecule has 0 spiro atoms. The highest BCUT2D eigenvalue weighted by Gasteiger charge is 2.34. The Balaban J connectivity index is 1.47. The first-order valence-electron chi connectivity index (χ1n) is 8.58. The van der Waals surface area contributed by atoms with Crippen LogP contribution in [-0.2, 0) is 18.9 Å². The van der Waals surface area contributed by atoms with Gasteiger partial charge in [0, 0.05) is 0 Å². The quantitative estimate of drug-likeness (QED) is 0.303. The lowest BCUT2D eigenvalue weighted by Crippen LogP contribution is -2.33. The SMILES string of the molecule is C=C(C)OCCOCCOCCOCCN1C(=O)c2ccccc2C1=O. The van der Waals surface area contributed by atoms with Gasteiger partial charge in [-0.3, -0.25) is 14.5 Å². The van der Waals surface area contributed by atoms with E-state index in [0.29, 0.717) is 56.5 Å². The second kappa shape index (κ2) is 10.7. The predicted molar refractivity (Wildman–Crippen MR) is 95.0 cm³/mol. The average molecular weight is 363 g/mol. The zero-order chi connectivity index (χ0) is 18.8. The maximum Gasteiger partial charge on any atom is 0.261 e. The summed E-state index contributed by atoms with van der Waals surface area (Å²) in [6, 6.07) is 6.82. The van der Waals surface area contributed by atoms with Crippen LogP contribution in [0.1, 0.15) is 27.6 Å². The van der Waals surface area contributed by atoms with Crippen molar-refractivity contribution < 1.29 is 28.5 Å². The number of fused-ring (bicyclic) bond motifs is 1. The lowest BCUT2D eigenvalue weighted by atomic mass is 10.1. The van der Waals surface area contributed by atoms with Gasteiger partial charge >= 0.3 is 0 Å². The van der Waals surface area contributed by atoms with Crippen LogP contribution in [0.15, 0.2) is 36.6 Å². The number of imide groups is 1. The van der Waals surface area contributed by atoms with Gasteiger partial charge in [-0.05, 0) is 19.1 Å². The molecule has 0 radical (unpaired) electrons. The Hall–Kier alpha value is -2.22. The third kappa shape index (κ3) is 5.94. The normalized spacial score (nSPS) is 13.2. The summed E-state index contributed by atoms with van der Waals surface area (Å²) < 4.78 is 21.3. The summed E-state index contributed by atoms with van der Waals surface area (Å²) in [5, 5.41) is 0. The number of benzene rings is 1. The third-order valence-corrected chi connectivity index (χ3v) is 3.66. The first kappa shape index (κ1) is 20.1. The van der Waals surface area contributed by atoms with Crippen LogP contribution in [0.3, 0.4) is 0 Å². The molecule has 26 heavy (non-hydrogen) atoms. The molecular formula is C19H25NO6. The van der Waals surface area contributed by atoms with Crippen LogP contribution in [0.25, 0.3) is 0 Å². The number of hydrogen-bond acceptors (Lipinski definition) is 6. The fourth-order valence-corrected chi connectivity index (χ4v) is 2.41. The Labute approximate surface area is 153 Å². The summed E-state index contributed by atoms with van der Waals surface area (Å²) in [5.41, 5.74) is 0.906. The van der Waals surface area contributed by atoms with E-state index in [1.165, 1.54) is 4.90 Å². The van der Waals surface area contributed by atoms with Gasteiger partial charge in [0.1, 0.15) is 6.61 Å². The van der Waals surface area contributed by atoms with Crippen molar-refractivity contribution in [2.45, 2.75) is 6.92 Å². The van der Waals surface area contributed by atoms with E-state index in [1.54, 1.807) is 31.2 Å². The van der Waals surface area contributed by atoms with Gasteiger partial charge in [-0.2, -0.15) is 0 Å². The summed E-state index contributed by atoms with van der Waals surface area (Å²) in [4.78, 5) is 25.5. The zero-order valence-corrected chi connectivity index (χ0v) is 15.1. The van der Waals surface area contributed by atoms with Gasteiger partial charge in [-0.1, -0.05) is 18.7 Å². The number of carbonyl (C=O) groups is 2. The molecule has 0 unspecified atom stereocenters. The minimum atomic E-state index is -0.266. The number of hydrogen-bond donors (Lipinski definition) is 0. The van der Waals surface area contributed by atoms with E-state index in [-0.39, 0.29) is 25.0 Å². The largest absolute Gasteiger partial charge is 0.496 e. The van der Waals surface area contributed by atoms with Crippen molar-refractivity contribution in [3.05, 3.63) is 47.7 Å². The molecule has 0 atom stereocenters. The Morgan fingerprint density at radius 2 is 1.31 bits per heavy atom. The highest BCUT2D eigenvalue weighted by molar-refractivity contribution is 6.21. The molecule has 142 valence electrons. The van der Waals surface area contributed by atoms with Crippen molar-refractivity contribution in [1.82, 2.24) is 4.90 Å². The van der Waals surface area contributed by atoms with Crippen LogP contribution in [0.2, 0.25) is 0 Å². The van der Waals surface area contributed by atoms with Gasteiger partial charge in [-0.25, -0.2) is 0 Å². The number of amides is 2. The van der Waals surface area contributed by atoms with Gasteiger partial charge in [0.15, 0.2) is 0 Å². The molecule has 0 aliphatic carbocycles. The van der Waals surface area contributed by atoms with E-state index in [2.05, 4.69) is 6.58 Å². The Kier molecular flexibility index (Phi) is 8.27. The fourth-order valence-electron chi connectivity index (χ4n) is 2.41. The highest BCUT2D eigenvalue weighted by Crippen LogP contribution is 2.21. The first-order valence-corrected chi connectivity index (χ1v) is 8.58. The minimum absolute atomic E-state index is 0.234. The summed E-state index contributed by atoms with van der Waals surface area (Å²) in [7, 11) is 0. The molecule has 0 saturated heterocycles. The Morgan fingerprint density at radius 1 is 0.846 bits per heavy atom. The molecule has 0 bridgehead atoms. The van der Waals surface area contributed by atoms with E-state index in [0.717, 1.165) is 0 Å². The van der Waals surface area contributed by atoms with E-state index < -0.39 is 0 Å². The van der Waals surface area contributed by atoms with Crippen molar-refractivity contribution in [1.29, 1.82) is 0 Å². The van der Waals surface area contributed by atoms with Crippen LogP contribution in [0.5, 0.6) is 0 Å². The van der Waals surface area contributed by atoms with Crippen LogP contribution in [-0.4, -0.2) is 69.5 Å². The van der Waals surface area contributed by atoms with Gasteiger partial charge < -0.3 is 18.9 Å². The predicted octanol–water partition coefficient (Wildman–Crippen LogP) is 1.88. The number of nitrogens with zero attached hydrogens (tertiary/aromatic N) is 1. The molecule has 7 heteroatoms. The molecule has 0 aromatic heterocycles. The van der Waals surface area contributed by atoms with Crippen molar-refractivity contribution in [3.8, 4) is 0 Å². The number of ether oxygens (including phenoxy) is 4. The van der Waals surface area contributed by atoms with E-state index in [4.69, 9.17) is 18.9 Å². The summed E-state index contributed by atoms with van der Waals surface area (Å²) in [6.45, 7) is 8.67. The first-order chi connectivity index (χ1) is 12.6. The minimum Gasteiger partial charge on any atom is -0.496 e. The number of rotatable bonds is 13. The second-order valence-electron chi connectivity index (χ2n) is 5.70. The average Bonchev–Trinajstić information content (AvgIpc) is 2.87. The molecule has 0 fully saturated rings. The fraction of sp³-hybridized carbons (Fsp3) is 0.474. The third-order valence-electron chi connectivity index (χ3n) is 3.66. The van der Waals surface area contributed by atoms with E-state index in [9.17, 15) is 9.59 Å². The van der Waals surface area contributed by atoms with Gasteiger partial charge in [0.25, 0.3) is 11.8 Å². The van der Waals surface area contributed by atoms with Crippen LogP contribution in [0, 0.1) is 0 Å². The monoisotopic (exact) mass is 363 g/mol. The Morgan fingerprint density at radius 3 is 1.81 bits per heavy atom. The zero-order valence-electron chi connectivity index (χ0n) is 15.1. The maximum absolute atomic E-state index is 12.2. The second-order valence-corrected chi connectivity index (χ2v) is 5.70. The van der Waals surface area contributed by atoms with Gasteiger partial charge in [-0.15, -0.1) is 0 Å². The molecule has 1 aromatic rings. The van der Waals surface area contributed by atoms with Gasteiger partial charge in [0.05, 0.1) is 63.1 Å². The summed E-state index contributed by atoms with van der Waals surface area (Å²) in [5.74, 6) is 0.139. The summed E-state index contributed by atoms with van der Waals surface area (Å²) >= 11 is 0. The molecule has 1 heterocycles. The van der Waals surface area contributed by atoms with Crippen molar-refractivity contribution >= 4 is 11.8 Å². The van der Waals surface area contributed by atoms with Crippen LogP contribution < -0.4 is 0 Å². The van der Waals surface area contributed by atoms with Crippen molar-refractivity contribution in [2.24, 2.45) is 0 Å². The summed E-state index contributed by atoms with van der Waals surface area (Å²) in [6.07, 6.45) is 0. The van der Waals surface area contributed by atoms with E-state index in [1.807, 2.05) is 0 Å². The smallest absolute Gasteiger partial charge is 0.261 e. The highest BCUT2D eigenvalue weighted by atomic mass is 16.6. The molecule has 1 aliphatic heterocycles. The number of allylic oxidation sites excluding steroid dienone is 1. The molecule has 2 rings (SSSR count). The lowest BCUT2D eigenvalue weighted by Gasteiger charge is -2.13. The van der Waals surface area contributed by atoms with Crippen molar-refractivity contribution in [2.75, 3.05) is 52.8 Å². The maximum atomic E-state index is 12.2. The van der Waals surface area contributed by atoms with Crippen molar-refractivity contribution in [3.63, 3.8) is 0 Å². The molecule has 0 N–H and O–H groups in total. The lowest BCUT2D eigenvalue weighted by molar-refractivity contribution is 0.00292. The molecular weight excluding hydrogens is 338 g/mol. The van der Waals surface area contributed by atoms with Crippen LogP contribution in [0.4, 0.5) is 0 Å². The standard InChI is InChI=1S/C19H25NO6/c1-15(2)26-14-13-25-12-11-24-10-9-23-8-7-20-18(21)16-5-3-4-6-17(16)19(20)22/h3-6H,1,7-14H2,2H3. The number of carbonyl (C=O) groups excluding carboxylic acids is 2. The van der Waals surface area contributed by atoms with E-state index >= 15 is 0 Å². The molecule has 0 saturated carbocycles. The molecule has 1 aromatic carbocycles. The Bertz CT molecular complexity index is 595. The molecule has 7 nitrogen and oxygen atoms in total. The van der Waals surface area contributed by atoms with Crippen LogP contribution >= 0.6 is 0 Å².